The lowest BCUT2D eigenvalue weighted by Crippen LogP contribution is -2.24. The summed E-state index contributed by atoms with van der Waals surface area (Å²) < 4.78 is 6.14. The van der Waals surface area contributed by atoms with Gasteiger partial charge in [0.15, 0.2) is 0 Å². The molecule has 3 rings (SSSR count). The van der Waals surface area contributed by atoms with E-state index in [0.717, 1.165) is 31.8 Å². The second-order valence-corrected chi connectivity index (χ2v) is 10.1. The number of nitrogens with zero attached hydrogens (tertiary/aromatic N) is 1. The van der Waals surface area contributed by atoms with Crippen LogP contribution in [0.15, 0.2) is 77.5 Å². The van der Waals surface area contributed by atoms with E-state index in [4.69, 9.17) is 4.74 Å². The second-order valence-electron chi connectivity index (χ2n) is 9.31. The molecule has 0 amide bonds. The lowest BCUT2D eigenvalue weighted by Gasteiger charge is -2.20. The summed E-state index contributed by atoms with van der Waals surface area (Å²) in [6.45, 7) is 12.0. The lowest BCUT2D eigenvalue weighted by molar-refractivity contribution is 0.290. The van der Waals surface area contributed by atoms with Crippen molar-refractivity contribution in [3.8, 4) is 28.7 Å². The molecule has 0 N–H and O–H groups in total. The minimum Gasteiger partial charge on any atom is -0.489 e. The quantitative estimate of drug-likeness (QED) is 0.288. The molecule has 0 atom stereocenters. The molecule has 0 saturated heterocycles. The third-order valence-electron chi connectivity index (χ3n) is 5.04. The van der Waals surface area contributed by atoms with Crippen molar-refractivity contribution >= 4 is 11.3 Å². The predicted octanol–water partition coefficient (Wildman–Crippen LogP) is 7.81. The van der Waals surface area contributed by atoms with Crippen LogP contribution in [0.3, 0.4) is 0 Å². The van der Waals surface area contributed by atoms with Crippen LogP contribution in [0.1, 0.15) is 45.2 Å². The Morgan fingerprint density at radius 1 is 1.00 bits per heavy atom. The predicted molar refractivity (Wildman–Crippen MR) is 142 cm³/mol. The fourth-order valence-electron chi connectivity index (χ4n) is 3.50. The average Bonchev–Trinajstić information content (AvgIpc) is 3.32. The minimum absolute atomic E-state index is 0.0408. The summed E-state index contributed by atoms with van der Waals surface area (Å²) in [7, 11) is 0. The van der Waals surface area contributed by atoms with Gasteiger partial charge >= 0.3 is 0 Å². The summed E-state index contributed by atoms with van der Waals surface area (Å²) in [6.07, 6.45) is 5.27. The third kappa shape index (κ3) is 8.92. The van der Waals surface area contributed by atoms with Crippen molar-refractivity contribution in [2.45, 2.75) is 47.3 Å². The number of ether oxygens (including phenoxy) is 1. The first-order valence-corrected chi connectivity index (χ1v) is 12.6. The van der Waals surface area contributed by atoms with Crippen LogP contribution in [0.25, 0.3) is 11.1 Å². The zero-order valence-electron chi connectivity index (χ0n) is 20.3. The Balaban J connectivity index is 1.58. The smallest absolute Gasteiger partial charge is 0.120 e. The van der Waals surface area contributed by atoms with Gasteiger partial charge in [0.25, 0.3) is 0 Å². The summed E-state index contributed by atoms with van der Waals surface area (Å²) >= 11 is 1.72. The van der Waals surface area contributed by atoms with Crippen molar-refractivity contribution in [3.05, 3.63) is 88.6 Å². The number of allylic oxidation sites excluding steroid dienone is 1. The van der Waals surface area contributed by atoms with Crippen LogP contribution in [0, 0.1) is 17.3 Å². The van der Waals surface area contributed by atoms with E-state index in [9.17, 15) is 0 Å². The maximum Gasteiger partial charge on any atom is 0.120 e. The van der Waals surface area contributed by atoms with Gasteiger partial charge in [0, 0.05) is 18.5 Å². The van der Waals surface area contributed by atoms with E-state index in [1.807, 2.05) is 12.1 Å². The maximum atomic E-state index is 6.14. The zero-order chi connectivity index (χ0) is 23.5. The van der Waals surface area contributed by atoms with E-state index in [-0.39, 0.29) is 5.41 Å². The summed E-state index contributed by atoms with van der Waals surface area (Å²) in [5.41, 5.74) is 4.99. The molecule has 0 spiro atoms. The maximum absolute atomic E-state index is 6.14. The molecular weight excluding hydrogens is 422 g/mol. The molecule has 0 aliphatic rings. The number of hydrogen-bond acceptors (Lipinski definition) is 3. The van der Waals surface area contributed by atoms with Crippen LogP contribution < -0.4 is 4.74 Å². The molecule has 0 aliphatic carbocycles. The fourth-order valence-corrected chi connectivity index (χ4v) is 4.16. The molecule has 0 aliphatic heterocycles. The minimum atomic E-state index is 0.0408. The van der Waals surface area contributed by atoms with Crippen molar-refractivity contribution in [3.63, 3.8) is 0 Å². The monoisotopic (exact) mass is 457 g/mol. The van der Waals surface area contributed by atoms with E-state index in [0.29, 0.717) is 6.61 Å². The molecule has 0 bridgehead atoms. The molecule has 0 fully saturated rings. The van der Waals surface area contributed by atoms with Crippen LogP contribution >= 0.6 is 11.3 Å². The molecule has 2 nitrogen and oxygen atoms in total. The molecule has 0 unspecified atom stereocenters. The second kappa shape index (κ2) is 12.4. The lowest BCUT2D eigenvalue weighted by atomic mass is 9.98. The van der Waals surface area contributed by atoms with Crippen LogP contribution in [-0.2, 0) is 13.2 Å². The molecule has 0 saturated carbocycles. The topological polar surface area (TPSA) is 12.5 Å². The number of hydrogen-bond donors (Lipinski definition) is 0. The van der Waals surface area contributed by atoms with Gasteiger partial charge in [-0.05, 0) is 97.1 Å². The van der Waals surface area contributed by atoms with Gasteiger partial charge in [-0.2, -0.15) is 11.3 Å². The molecule has 0 radical (unpaired) electrons. The van der Waals surface area contributed by atoms with E-state index in [2.05, 4.69) is 110 Å². The van der Waals surface area contributed by atoms with Crippen LogP contribution in [0.5, 0.6) is 5.75 Å². The van der Waals surface area contributed by atoms with Gasteiger partial charge in [-0.3, -0.25) is 4.90 Å². The summed E-state index contributed by atoms with van der Waals surface area (Å²) in [5.74, 6) is 7.33. The molecule has 33 heavy (non-hydrogen) atoms. The first-order valence-electron chi connectivity index (χ1n) is 11.7. The fraction of sp³-hybridized carbons (Fsp3) is 0.333. The Morgan fingerprint density at radius 3 is 2.58 bits per heavy atom. The van der Waals surface area contributed by atoms with Crippen molar-refractivity contribution in [1.82, 2.24) is 4.90 Å². The van der Waals surface area contributed by atoms with E-state index < -0.39 is 0 Å². The van der Waals surface area contributed by atoms with Crippen molar-refractivity contribution in [2.24, 2.45) is 5.41 Å². The van der Waals surface area contributed by atoms with Gasteiger partial charge in [0.1, 0.15) is 12.4 Å². The highest BCUT2D eigenvalue weighted by Gasteiger charge is 2.06. The molecule has 172 valence electrons. The molecule has 3 aromatic rings. The van der Waals surface area contributed by atoms with Crippen LogP contribution in [0.4, 0.5) is 0 Å². The highest BCUT2D eigenvalue weighted by Crippen LogP contribution is 2.24. The van der Waals surface area contributed by atoms with Crippen molar-refractivity contribution in [1.29, 1.82) is 0 Å². The Hall–Kier alpha value is -2.80. The number of thiophene rings is 1. The van der Waals surface area contributed by atoms with Gasteiger partial charge in [-0.25, -0.2) is 0 Å². The van der Waals surface area contributed by atoms with Gasteiger partial charge in [-0.15, -0.1) is 0 Å². The largest absolute Gasteiger partial charge is 0.489 e. The van der Waals surface area contributed by atoms with E-state index in [1.54, 1.807) is 11.3 Å². The Morgan fingerprint density at radius 2 is 1.82 bits per heavy atom. The van der Waals surface area contributed by atoms with Crippen molar-refractivity contribution < 1.29 is 4.74 Å². The van der Waals surface area contributed by atoms with Crippen LogP contribution in [0.2, 0.25) is 0 Å². The molecule has 2 aromatic carbocycles. The highest BCUT2D eigenvalue weighted by atomic mass is 32.1. The number of benzene rings is 2. The molecule has 1 heterocycles. The average molecular weight is 458 g/mol. The summed E-state index contributed by atoms with van der Waals surface area (Å²) in [5, 5.41) is 4.29. The Bertz CT molecular complexity index is 1080. The SMILES string of the molecule is CCCN(CC=CC#CC(C)(C)C)Cc1cccc(OCc2cccc(-c3ccsc3)c2)c1. The standard InChI is InChI=1S/C30H35NOS/c1-5-17-31(18-8-6-7-16-30(2,3)4)22-25-11-10-14-29(21-25)32-23-26-12-9-13-27(20-26)28-15-19-33-24-28/h6,8-15,19-21,24H,5,17-18,22-23H2,1-4H3. The van der Waals surface area contributed by atoms with Gasteiger partial charge in [-0.1, -0.05) is 55.2 Å². The Kier molecular flexibility index (Phi) is 9.36. The zero-order valence-corrected chi connectivity index (χ0v) is 21.1. The third-order valence-corrected chi connectivity index (χ3v) is 5.73. The Labute approximate surface area is 203 Å². The van der Waals surface area contributed by atoms with E-state index >= 15 is 0 Å². The van der Waals surface area contributed by atoms with Gasteiger partial charge in [0.05, 0.1) is 0 Å². The highest BCUT2D eigenvalue weighted by molar-refractivity contribution is 7.08. The normalized spacial score (nSPS) is 11.5. The summed E-state index contributed by atoms with van der Waals surface area (Å²) in [4.78, 5) is 2.44. The molecular formula is C30H35NOS. The summed E-state index contributed by atoms with van der Waals surface area (Å²) in [6, 6.07) is 19.2. The van der Waals surface area contributed by atoms with Gasteiger partial charge in [0.2, 0.25) is 0 Å². The number of rotatable bonds is 10. The van der Waals surface area contributed by atoms with Crippen LogP contribution in [-0.4, -0.2) is 18.0 Å². The first-order chi connectivity index (χ1) is 15.9. The first kappa shape index (κ1) is 24.8. The van der Waals surface area contributed by atoms with E-state index in [1.165, 1.54) is 22.3 Å². The molecule has 3 heteroatoms. The van der Waals surface area contributed by atoms with Crippen molar-refractivity contribution in [2.75, 3.05) is 13.1 Å². The molecule has 1 aromatic heterocycles. The van der Waals surface area contributed by atoms with Gasteiger partial charge < -0.3 is 4.74 Å².